The summed E-state index contributed by atoms with van der Waals surface area (Å²) in [6, 6.07) is 11.1. The van der Waals surface area contributed by atoms with E-state index in [0.29, 0.717) is 23.5 Å². The first-order valence-electron chi connectivity index (χ1n) is 11.2. The highest BCUT2D eigenvalue weighted by Crippen LogP contribution is 2.46. The van der Waals surface area contributed by atoms with Crippen molar-refractivity contribution in [2.24, 2.45) is 10.3 Å². The molecule has 0 radical (unpaired) electrons. The van der Waals surface area contributed by atoms with Gasteiger partial charge in [0.25, 0.3) is 10.0 Å². The van der Waals surface area contributed by atoms with Crippen LogP contribution in [0.5, 0.6) is 0 Å². The topological polar surface area (TPSA) is 142 Å². The van der Waals surface area contributed by atoms with E-state index < -0.39 is 31.2 Å². The Labute approximate surface area is 204 Å². The number of ketones is 1. The molecule has 1 fully saturated rings. The first kappa shape index (κ1) is 23.6. The molecule has 2 aromatic rings. The highest BCUT2D eigenvalue weighted by molar-refractivity contribution is 7.92. The Morgan fingerprint density at radius 1 is 1.20 bits per heavy atom. The third kappa shape index (κ3) is 4.23. The molecule has 0 aromatic heterocycles. The molecule has 1 aliphatic heterocycles. The Bertz CT molecular complexity index is 1540. The molecule has 0 amide bonds. The number of hydrogen-bond donors (Lipinski definition) is 3. The molecule has 0 saturated heterocycles. The van der Waals surface area contributed by atoms with E-state index in [0.717, 1.165) is 31.6 Å². The van der Waals surface area contributed by atoms with Crippen LogP contribution in [0, 0.1) is 5.92 Å². The summed E-state index contributed by atoms with van der Waals surface area (Å²) in [5.41, 5.74) is 0.255. The molecule has 5 rings (SSSR count). The lowest BCUT2D eigenvalue weighted by Crippen LogP contribution is -2.42. The normalized spacial score (nSPS) is 23.1. The third-order valence-electron chi connectivity index (χ3n) is 6.76. The van der Waals surface area contributed by atoms with Crippen LogP contribution in [0.4, 0.5) is 11.4 Å². The van der Waals surface area contributed by atoms with Gasteiger partial charge in [0.2, 0.25) is 10.0 Å². The summed E-state index contributed by atoms with van der Waals surface area (Å²) in [5, 5.41) is 14.0. The molecular formula is C24H25N3O6S2. The summed E-state index contributed by atoms with van der Waals surface area (Å²) in [6.45, 7) is 1.83. The number of nitrogens with zero attached hydrogens (tertiary/aromatic N) is 1. The Balaban J connectivity index is 1.60. The monoisotopic (exact) mass is 515 g/mol. The molecule has 1 heterocycles. The Hall–Kier alpha value is -3.18. The van der Waals surface area contributed by atoms with E-state index in [1.165, 1.54) is 12.1 Å². The lowest BCUT2D eigenvalue weighted by Gasteiger charge is -2.36. The maximum atomic E-state index is 13.9. The highest BCUT2D eigenvalue weighted by Gasteiger charge is 2.47. The van der Waals surface area contributed by atoms with E-state index in [9.17, 15) is 26.7 Å². The number of anilines is 2. The molecule has 1 unspecified atom stereocenters. The van der Waals surface area contributed by atoms with Crippen LogP contribution in [0.1, 0.15) is 43.7 Å². The van der Waals surface area contributed by atoms with Crippen molar-refractivity contribution in [3.05, 3.63) is 59.2 Å². The second kappa shape index (κ2) is 7.92. The number of Topliss-reactive ketones (excluding diaryl/α,β-unsaturated/α-hetero) is 1. The minimum absolute atomic E-state index is 0.0626. The Morgan fingerprint density at radius 2 is 1.91 bits per heavy atom. The predicted octanol–water partition coefficient (Wildman–Crippen LogP) is 3.57. The number of benzene rings is 2. The zero-order chi connectivity index (χ0) is 25.2. The van der Waals surface area contributed by atoms with Gasteiger partial charge in [0, 0.05) is 11.3 Å². The SMILES string of the molecule is CC1(CCC2CC2)C(=O)C(C2=NS(=O)(=O)c3cc(NS(C)(=O)=O)ccc3N2)=C(O)c2ccccc21. The van der Waals surface area contributed by atoms with Crippen LogP contribution in [-0.2, 0) is 30.3 Å². The molecule has 3 aliphatic rings. The average Bonchev–Trinajstić information content (AvgIpc) is 3.60. The van der Waals surface area contributed by atoms with Crippen LogP contribution in [0.3, 0.4) is 0 Å². The van der Waals surface area contributed by atoms with Gasteiger partial charge in [-0.2, -0.15) is 8.42 Å². The average molecular weight is 516 g/mol. The molecule has 3 N–H and O–H groups in total. The Morgan fingerprint density at radius 3 is 2.60 bits per heavy atom. The summed E-state index contributed by atoms with van der Waals surface area (Å²) in [5.74, 6) is -0.387. The number of sulfonamides is 2. The van der Waals surface area contributed by atoms with Gasteiger partial charge < -0.3 is 10.4 Å². The number of rotatable bonds is 6. The van der Waals surface area contributed by atoms with Crippen LogP contribution in [0.25, 0.3) is 5.76 Å². The number of fused-ring (bicyclic) bond motifs is 2. The van der Waals surface area contributed by atoms with Crippen molar-refractivity contribution in [2.75, 3.05) is 16.3 Å². The van der Waals surface area contributed by atoms with Gasteiger partial charge in [-0.25, -0.2) is 8.42 Å². The van der Waals surface area contributed by atoms with Crippen LogP contribution in [-0.4, -0.2) is 39.8 Å². The molecule has 184 valence electrons. The molecule has 11 heteroatoms. The summed E-state index contributed by atoms with van der Waals surface area (Å²) < 4.78 is 55.3. The molecule has 9 nitrogen and oxygen atoms in total. The number of carbonyl (C=O) groups is 1. The fourth-order valence-electron chi connectivity index (χ4n) is 4.72. The largest absolute Gasteiger partial charge is 0.506 e. The van der Waals surface area contributed by atoms with Crippen LogP contribution >= 0.6 is 0 Å². The second-order valence-electron chi connectivity index (χ2n) is 9.54. The zero-order valence-electron chi connectivity index (χ0n) is 19.2. The van der Waals surface area contributed by atoms with Crippen molar-refractivity contribution >= 4 is 48.8 Å². The summed E-state index contributed by atoms with van der Waals surface area (Å²) >= 11 is 0. The maximum Gasteiger partial charge on any atom is 0.286 e. The van der Waals surface area contributed by atoms with Gasteiger partial charge in [0.05, 0.1) is 17.4 Å². The van der Waals surface area contributed by atoms with Gasteiger partial charge in [-0.1, -0.05) is 37.1 Å². The minimum atomic E-state index is -4.30. The summed E-state index contributed by atoms with van der Waals surface area (Å²) in [7, 11) is -7.92. The van der Waals surface area contributed by atoms with Gasteiger partial charge in [-0.3, -0.25) is 9.52 Å². The minimum Gasteiger partial charge on any atom is -0.506 e. The zero-order valence-corrected chi connectivity index (χ0v) is 20.8. The van der Waals surface area contributed by atoms with Crippen LogP contribution in [0.15, 0.2) is 57.3 Å². The van der Waals surface area contributed by atoms with Gasteiger partial charge in [0.15, 0.2) is 11.6 Å². The number of carbonyl (C=O) groups excluding carboxylic acids is 1. The van der Waals surface area contributed by atoms with Gasteiger partial charge in [-0.05, 0) is 49.4 Å². The number of amidine groups is 1. The smallest absolute Gasteiger partial charge is 0.286 e. The van der Waals surface area contributed by atoms with E-state index in [1.54, 1.807) is 12.1 Å². The van der Waals surface area contributed by atoms with Gasteiger partial charge in [-0.15, -0.1) is 4.40 Å². The number of aliphatic hydroxyl groups is 1. The van der Waals surface area contributed by atoms with Gasteiger partial charge >= 0.3 is 0 Å². The van der Waals surface area contributed by atoms with Crippen LogP contribution < -0.4 is 10.0 Å². The van der Waals surface area contributed by atoms with Crippen LogP contribution in [0.2, 0.25) is 0 Å². The standard InChI is InChI=1S/C24H25N3O6S2/c1-24(12-11-14-7-8-14)17-6-4-3-5-16(17)21(28)20(22(24)29)23-25-18-10-9-15(26-34(2,30)31)13-19(18)35(32,33)27-23/h3-6,9-10,13-14,26,28H,7-8,11-12H2,1-2H3,(H,25,27). The third-order valence-corrected chi connectivity index (χ3v) is 8.68. The van der Waals surface area contributed by atoms with Crippen molar-refractivity contribution < 1.29 is 26.7 Å². The predicted molar refractivity (Wildman–Crippen MR) is 133 cm³/mol. The molecule has 0 bridgehead atoms. The van der Waals surface area contributed by atoms with E-state index >= 15 is 0 Å². The van der Waals surface area contributed by atoms with Crippen molar-refractivity contribution in [3.8, 4) is 0 Å². The first-order chi connectivity index (χ1) is 16.4. The maximum absolute atomic E-state index is 13.9. The fraction of sp³-hybridized carbons (Fsp3) is 0.333. The summed E-state index contributed by atoms with van der Waals surface area (Å²) in [6.07, 6.45) is 4.67. The van der Waals surface area contributed by atoms with Gasteiger partial charge in [0.1, 0.15) is 16.2 Å². The molecular weight excluding hydrogens is 490 g/mol. The fourth-order valence-corrected chi connectivity index (χ4v) is 6.43. The molecule has 35 heavy (non-hydrogen) atoms. The van der Waals surface area contributed by atoms with E-state index in [-0.39, 0.29) is 33.4 Å². The van der Waals surface area contributed by atoms with Crippen molar-refractivity contribution in [2.45, 2.75) is 42.9 Å². The first-order valence-corrected chi connectivity index (χ1v) is 14.5. The molecule has 1 saturated carbocycles. The van der Waals surface area contributed by atoms with Crippen molar-refractivity contribution in [1.82, 2.24) is 0 Å². The molecule has 2 aromatic carbocycles. The molecule has 2 aliphatic carbocycles. The highest BCUT2D eigenvalue weighted by atomic mass is 32.2. The van der Waals surface area contributed by atoms with Crippen molar-refractivity contribution in [3.63, 3.8) is 0 Å². The number of aliphatic hydroxyl groups excluding tert-OH is 1. The summed E-state index contributed by atoms with van der Waals surface area (Å²) in [4.78, 5) is 13.6. The van der Waals surface area contributed by atoms with E-state index in [4.69, 9.17) is 0 Å². The lowest BCUT2D eigenvalue weighted by molar-refractivity contribution is -0.120. The number of hydrogen-bond acceptors (Lipinski definition) is 7. The van der Waals surface area contributed by atoms with Crippen molar-refractivity contribution in [1.29, 1.82) is 0 Å². The quantitative estimate of drug-likeness (QED) is 0.534. The number of nitrogens with one attached hydrogen (secondary N) is 2. The lowest BCUT2D eigenvalue weighted by atomic mass is 9.67. The Kier molecular flexibility index (Phi) is 5.33. The van der Waals surface area contributed by atoms with E-state index in [1.807, 2.05) is 19.1 Å². The molecule has 1 atom stereocenters. The molecule has 0 spiro atoms. The second-order valence-corrected chi connectivity index (χ2v) is 12.9. The van der Waals surface area contributed by atoms with E-state index in [2.05, 4.69) is 14.4 Å².